The van der Waals surface area contributed by atoms with Crippen molar-refractivity contribution in [3.63, 3.8) is 0 Å². The molecular formula is C17H14N4O4. The Labute approximate surface area is 143 Å². The van der Waals surface area contributed by atoms with Crippen molar-refractivity contribution in [2.75, 3.05) is 11.9 Å². The molecule has 0 radical (unpaired) electrons. The van der Waals surface area contributed by atoms with Crippen LogP contribution in [0, 0.1) is 10.1 Å². The fourth-order valence-electron chi connectivity index (χ4n) is 2.25. The number of carbonyl (C=O) groups is 1. The van der Waals surface area contributed by atoms with Crippen molar-refractivity contribution in [3.05, 3.63) is 77.0 Å². The number of nitro groups is 1. The van der Waals surface area contributed by atoms with Gasteiger partial charge < -0.3 is 0 Å². The molecule has 0 bridgehead atoms. The fourth-order valence-corrected chi connectivity index (χ4v) is 2.25. The van der Waals surface area contributed by atoms with E-state index in [9.17, 15) is 14.9 Å². The number of rotatable bonds is 4. The molecule has 126 valence electrons. The molecule has 0 spiro atoms. The molecule has 3 rings (SSSR count). The van der Waals surface area contributed by atoms with E-state index in [-0.39, 0.29) is 5.69 Å². The van der Waals surface area contributed by atoms with Crippen molar-refractivity contribution in [3.8, 4) is 11.3 Å². The SMILES string of the molecule is CN(C(=O)On1ccc(-c2ccccc2[N+](=O)[O-])n1)c1ccccc1. The minimum Gasteiger partial charge on any atom is -0.299 e. The van der Waals surface area contributed by atoms with Gasteiger partial charge in [0.25, 0.3) is 5.69 Å². The van der Waals surface area contributed by atoms with Crippen LogP contribution in [0.25, 0.3) is 11.3 Å². The van der Waals surface area contributed by atoms with E-state index in [1.165, 1.54) is 23.2 Å². The van der Waals surface area contributed by atoms with Crippen LogP contribution < -0.4 is 9.74 Å². The van der Waals surface area contributed by atoms with Crippen molar-refractivity contribution < 1.29 is 14.6 Å². The molecule has 1 heterocycles. The second kappa shape index (κ2) is 6.83. The van der Waals surface area contributed by atoms with Gasteiger partial charge in [0, 0.05) is 18.8 Å². The summed E-state index contributed by atoms with van der Waals surface area (Å²) < 4.78 is 0. The summed E-state index contributed by atoms with van der Waals surface area (Å²) in [5, 5.41) is 15.2. The van der Waals surface area contributed by atoms with E-state index in [0.717, 1.165) is 4.85 Å². The summed E-state index contributed by atoms with van der Waals surface area (Å²) in [6.45, 7) is 0. The number of nitro benzene ring substituents is 1. The first kappa shape index (κ1) is 16.2. The fraction of sp³-hybridized carbons (Fsp3) is 0.0588. The van der Waals surface area contributed by atoms with Gasteiger partial charge in [0.1, 0.15) is 5.69 Å². The summed E-state index contributed by atoms with van der Waals surface area (Å²) in [4.78, 5) is 30.3. The minimum absolute atomic E-state index is 0.0690. The molecule has 8 heteroatoms. The minimum atomic E-state index is -0.636. The molecule has 0 saturated heterocycles. The number of anilines is 1. The van der Waals surface area contributed by atoms with Crippen LogP contribution in [-0.2, 0) is 0 Å². The Kier molecular flexibility index (Phi) is 4.42. The lowest BCUT2D eigenvalue weighted by molar-refractivity contribution is -0.384. The predicted molar refractivity (Wildman–Crippen MR) is 91.1 cm³/mol. The number of aromatic nitrogens is 2. The first-order valence-corrected chi connectivity index (χ1v) is 7.37. The van der Waals surface area contributed by atoms with Crippen LogP contribution in [0.2, 0.25) is 0 Å². The summed E-state index contributed by atoms with van der Waals surface area (Å²) in [6.07, 6.45) is 0.784. The van der Waals surface area contributed by atoms with Gasteiger partial charge in [-0.1, -0.05) is 35.2 Å². The van der Waals surface area contributed by atoms with Gasteiger partial charge in [-0.15, -0.1) is 5.10 Å². The normalized spacial score (nSPS) is 10.3. The average Bonchev–Trinajstić information content (AvgIpc) is 3.10. The van der Waals surface area contributed by atoms with Gasteiger partial charge in [0.15, 0.2) is 0 Å². The third kappa shape index (κ3) is 3.47. The van der Waals surface area contributed by atoms with Gasteiger partial charge in [-0.3, -0.25) is 19.9 Å². The summed E-state index contributed by atoms with van der Waals surface area (Å²) >= 11 is 0. The molecule has 0 saturated carbocycles. The summed E-state index contributed by atoms with van der Waals surface area (Å²) in [6, 6.07) is 16.8. The molecule has 1 amide bonds. The lowest BCUT2D eigenvalue weighted by Gasteiger charge is -2.15. The molecule has 25 heavy (non-hydrogen) atoms. The molecule has 1 aromatic heterocycles. The molecule has 3 aromatic rings. The van der Waals surface area contributed by atoms with E-state index in [2.05, 4.69) is 5.10 Å². The highest BCUT2D eigenvalue weighted by Gasteiger charge is 2.18. The Morgan fingerprint density at radius 3 is 2.52 bits per heavy atom. The molecule has 2 aromatic carbocycles. The van der Waals surface area contributed by atoms with Crippen molar-refractivity contribution in [2.24, 2.45) is 0 Å². The Bertz CT molecular complexity index is 908. The number of benzene rings is 2. The van der Waals surface area contributed by atoms with Gasteiger partial charge in [0.2, 0.25) is 0 Å². The van der Waals surface area contributed by atoms with Crippen molar-refractivity contribution >= 4 is 17.5 Å². The second-order valence-electron chi connectivity index (χ2n) is 5.13. The third-order valence-corrected chi connectivity index (χ3v) is 3.53. The van der Waals surface area contributed by atoms with Crippen LogP contribution >= 0.6 is 0 Å². The van der Waals surface area contributed by atoms with Crippen molar-refractivity contribution in [1.82, 2.24) is 9.94 Å². The van der Waals surface area contributed by atoms with Gasteiger partial charge >= 0.3 is 6.09 Å². The van der Waals surface area contributed by atoms with Crippen LogP contribution in [0.5, 0.6) is 0 Å². The lowest BCUT2D eigenvalue weighted by atomic mass is 10.1. The standard InChI is InChI=1S/C17H14N4O4/c1-19(13-7-3-2-4-8-13)17(22)25-20-12-11-15(18-20)14-9-5-6-10-16(14)21(23)24/h2-12H,1H3. The van der Waals surface area contributed by atoms with Crippen molar-refractivity contribution in [2.45, 2.75) is 0 Å². The van der Waals surface area contributed by atoms with Gasteiger partial charge in [-0.2, -0.15) is 0 Å². The maximum Gasteiger partial charge on any atom is 0.440 e. The zero-order valence-corrected chi connectivity index (χ0v) is 13.3. The van der Waals surface area contributed by atoms with E-state index in [0.29, 0.717) is 16.9 Å². The number of hydrogen-bond acceptors (Lipinski definition) is 5. The summed E-state index contributed by atoms with van der Waals surface area (Å²) in [5.41, 5.74) is 1.28. The van der Waals surface area contributed by atoms with E-state index >= 15 is 0 Å². The number of amides is 1. The number of hydrogen-bond donors (Lipinski definition) is 0. The molecule has 0 atom stereocenters. The quantitative estimate of drug-likeness (QED) is 0.538. The summed E-state index contributed by atoms with van der Waals surface area (Å²) in [5.74, 6) is 0. The van der Waals surface area contributed by atoms with Crippen LogP contribution in [0.15, 0.2) is 66.9 Å². The van der Waals surface area contributed by atoms with Crippen LogP contribution in [0.4, 0.5) is 16.2 Å². The molecule has 8 nitrogen and oxygen atoms in total. The maximum atomic E-state index is 12.2. The molecular weight excluding hydrogens is 324 g/mol. The third-order valence-electron chi connectivity index (χ3n) is 3.53. The summed E-state index contributed by atoms with van der Waals surface area (Å²) in [7, 11) is 1.57. The van der Waals surface area contributed by atoms with E-state index in [1.807, 2.05) is 6.07 Å². The average molecular weight is 338 g/mol. The van der Waals surface area contributed by atoms with Gasteiger partial charge in [-0.25, -0.2) is 4.79 Å². The Morgan fingerprint density at radius 2 is 1.80 bits per heavy atom. The molecule has 0 aliphatic rings. The van der Waals surface area contributed by atoms with Crippen LogP contribution in [0.1, 0.15) is 0 Å². The largest absolute Gasteiger partial charge is 0.440 e. The van der Waals surface area contributed by atoms with E-state index in [1.54, 1.807) is 49.5 Å². The Balaban J connectivity index is 1.79. The highest BCUT2D eigenvalue weighted by molar-refractivity contribution is 5.87. The second-order valence-corrected chi connectivity index (χ2v) is 5.13. The predicted octanol–water partition coefficient (Wildman–Crippen LogP) is 3.14. The highest BCUT2D eigenvalue weighted by Crippen LogP contribution is 2.27. The zero-order chi connectivity index (χ0) is 17.8. The lowest BCUT2D eigenvalue weighted by Crippen LogP contribution is -2.34. The van der Waals surface area contributed by atoms with Gasteiger partial charge in [0.05, 0.1) is 16.7 Å². The Hall–Kier alpha value is -3.68. The highest BCUT2D eigenvalue weighted by atomic mass is 16.7. The van der Waals surface area contributed by atoms with Crippen LogP contribution in [0.3, 0.4) is 0 Å². The Morgan fingerprint density at radius 1 is 1.12 bits per heavy atom. The van der Waals surface area contributed by atoms with E-state index in [4.69, 9.17) is 4.84 Å². The van der Waals surface area contributed by atoms with E-state index < -0.39 is 11.0 Å². The topological polar surface area (TPSA) is 90.5 Å². The molecule has 0 aliphatic heterocycles. The number of nitrogens with zero attached hydrogens (tertiary/aromatic N) is 4. The molecule has 0 unspecified atom stereocenters. The monoisotopic (exact) mass is 338 g/mol. The first-order valence-electron chi connectivity index (χ1n) is 7.37. The smallest absolute Gasteiger partial charge is 0.299 e. The molecule has 0 fully saturated rings. The number of carbonyl (C=O) groups excluding carboxylic acids is 1. The van der Waals surface area contributed by atoms with Crippen molar-refractivity contribution in [1.29, 1.82) is 0 Å². The maximum absolute atomic E-state index is 12.2. The zero-order valence-electron chi connectivity index (χ0n) is 13.3. The van der Waals surface area contributed by atoms with Gasteiger partial charge in [-0.05, 0) is 24.3 Å². The van der Waals surface area contributed by atoms with Crippen LogP contribution in [-0.4, -0.2) is 28.0 Å². The number of para-hydroxylation sites is 2. The molecule has 0 aliphatic carbocycles. The molecule has 0 N–H and O–H groups in total. The first-order chi connectivity index (χ1) is 12.1.